The molecule has 1 saturated carbocycles. The Bertz CT molecular complexity index is 790. The number of aromatic nitrogens is 1. The summed E-state index contributed by atoms with van der Waals surface area (Å²) in [4.78, 5) is 12.5. The number of aliphatic hydroxyl groups excluding tert-OH is 1. The Balaban J connectivity index is 1.60. The van der Waals surface area contributed by atoms with E-state index < -0.39 is 0 Å². The number of carbonyl (C=O) groups excluding carboxylic acids is 1. The molecule has 1 aliphatic carbocycles. The van der Waals surface area contributed by atoms with Crippen molar-refractivity contribution in [2.75, 3.05) is 6.61 Å². The Kier molecular flexibility index (Phi) is 6.10. The number of carbonyl (C=O) groups is 1. The van der Waals surface area contributed by atoms with Crippen molar-refractivity contribution < 1.29 is 14.4 Å². The first-order valence-electron chi connectivity index (χ1n) is 9.00. The van der Waals surface area contributed by atoms with Crippen molar-refractivity contribution in [3.8, 4) is 11.3 Å². The molecule has 1 aromatic heterocycles. The summed E-state index contributed by atoms with van der Waals surface area (Å²) in [6, 6.07) is 11.2. The van der Waals surface area contributed by atoms with Gasteiger partial charge in [-0.15, -0.1) is 0 Å². The third-order valence-electron chi connectivity index (χ3n) is 4.70. The lowest BCUT2D eigenvalue weighted by atomic mass is 9.90. The van der Waals surface area contributed by atoms with Crippen LogP contribution in [0.3, 0.4) is 0 Å². The van der Waals surface area contributed by atoms with Gasteiger partial charge in [-0.3, -0.25) is 4.79 Å². The first kappa shape index (κ1) is 18.9. The van der Waals surface area contributed by atoms with Crippen molar-refractivity contribution in [3.05, 3.63) is 54.0 Å². The van der Waals surface area contributed by atoms with Gasteiger partial charge in [0.15, 0.2) is 11.5 Å². The molecular weight excluding hydrogens is 346 g/mol. The van der Waals surface area contributed by atoms with E-state index >= 15 is 0 Å². The fraction of sp³-hybridized carbons (Fsp3) is 0.368. The Morgan fingerprint density at radius 1 is 1.37 bits per heavy atom. The van der Waals surface area contributed by atoms with E-state index in [1.807, 2.05) is 30.3 Å². The van der Waals surface area contributed by atoms with Crippen LogP contribution in [0.2, 0.25) is 0 Å². The largest absolute Gasteiger partial charge is 0.399 e. The quantitative estimate of drug-likeness (QED) is 0.445. The van der Waals surface area contributed by atoms with Crippen LogP contribution in [0.5, 0.6) is 0 Å². The molecule has 2 unspecified atom stereocenters. The van der Waals surface area contributed by atoms with E-state index in [4.69, 9.17) is 21.2 Å². The van der Waals surface area contributed by atoms with Crippen LogP contribution in [0.15, 0.2) is 52.8 Å². The maximum Gasteiger partial charge on any atom is 0.273 e. The summed E-state index contributed by atoms with van der Waals surface area (Å²) in [5.41, 5.74) is 7.05. The predicted molar refractivity (Wildman–Crippen MR) is 101 cm³/mol. The SMILES string of the molecule is N/C(=C\N(N)C1CCCC(NC(=O)c2cc(-c3ccccc3)on2)C1)CO. The second-order valence-electron chi connectivity index (χ2n) is 6.74. The molecule has 1 heterocycles. The summed E-state index contributed by atoms with van der Waals surface area (Å²) >= 11 is 0. The number of rotatable bonds is 6. The minimum Gasteiger partial charge on any atom is -0.399 e. The number of aliphatic hydroxyl groups is 1. The number of nitrogens with zero attached hydrogens (tertiary/aromatic N) is 2. The molecule has 144 valence electrons. The highest BCUT2D eigenvalue weighted by Gasteiger charge is 2.26. The molecule has 1 aromatic carbocycles. The lowest BCUT2D eigenvalue weighted by molar-refractivity contribution is 0.0900. The normalized spacial score (nSPS) is 20.3. The molecule has 8 heteroatoms. The summed E-state index contributed by atoms with van der Waals surface area (Å²) in [5.74, 6) is 6.31. The molecule has 2 aromatic rings. The smallest absolute Gasteiger partial charge is 0.273 e. The van der Waals surface area contributed by atoms with Crippen molar-refractivity contribution >= 4 is 5.91 Å². The zero-order valence-corrected chi connectivity index (χ0v) is 15.0. The number of hydrogen-bond donors (Lipinski definition) is 4. The lowest BCUT2D eigenvalue weighted by Crippen LogP contribution is -2.47. The Morgan fingerprint density at radius 3 is 2.89 bits per heavy atom. The van der Waals surface area contributed by atoms with Gasteiger partial charge in [0.05, 0.1) is 12.3 Å². The minimum absolute atomic E-state index is 0.0112. The molecule has 0 aliphatic heterocycles. The standard InChI is InChI=1S/C19H25N5O3/c20-14(12-25)11-24(21)16-8-4-7-15(9-16)22-19(26)17-10-18(27-23-17)13-5-2-1-3-6-13/h1-3,5-6,10-11,15-16,25H,4,7-9,12,20-21H2,(H,22,26)/b14-11-. The topological polar surface area (TPSA) is 131 Å². The van der Waals surface area contributed by atoms with Crippen molar-refractivity contribution in [2.24, 2.45) is 11.6 Å². The van der Waals surface area contributed by atoms with Crippen LogP contribution in [-0.2, 0) is 0 Å². The molecule has 1 aliphatic rings. The van der Waals surface area contributed by atoms with Gasteiger partial charge in [0.25, 0.3) is 5.91 Å². The molecule has 1 amide bonds. The number of amides is 1. The summed E-state index contributed by atoms with van der Waals surface area (Å²) < 4.78 is 5.29. The number of nitrogens with two attached hydrogens (primary N) is 2. The minimum atomic E-state index is -0.263. The molecule has 6 N–H and O–H groups in total. The van der Waals surface area contributed by atoms with E-state index in [0.717, 1.165) is 24.8 Å². The summed E-state index contributed by atoms with van der Waals surface area (Å²) in [7, 11) is 0. The third kappa shape index (κ3) is 4.87. The molecule has 27 heavy (non-hydrogen) atoms. The summed E-state index contributed by atoms with van der Waals surface area (Å²) in [6.07, 6.45) is 4.95. The van der Waals surface area contributed by atoms with Gasteiger partial charge in [0, 0.05) is 29.9 Å². The molecular formula is C19H25N5O3. The van der Waals surface area contributed by atoms with E-state index in [9.17, 15) is 4.79 Å². The van der Waals surface area contributed by atoms with Crippen molar-refractivity contribution in [1.82, 2.24) is 15.5 Å². The zero-order valence-electron chi connectivity index (χ0n) is 15.0. The molecule has 0 bridgehead atoms. The molecule has 1 fully saturated rings. The van der Waals surface area contributed by atoms with Crippen LogP contribution in [-0.4, -0.2) is 39.9 Å². The first-order chi connectivity index (χ1) is 13.1. The van der Waals surface area contributed by atoms with E-state index in [-0.39, 0.29) is 30.3 Å². The number of nitrogens with one attached hydrogen (secondary N) is 1. The fourth-order valence-electron chi connectivity index (χ4n) is 3.28. The van der Waals surface area contributed by atoms with Crippen LogP contribution in [0.25, 0.3) is 11.3 Å². The number of hydrazine groups is 1. The van der Waals surface area contributed by atoms with Gasteiger partial charge in [-0.05, 0) is 25.7 Å². The summed E-state index contributed by atoms with van der Waals surface area (Å²) in [5, 5.41) is 17.4. The Labute approximate surface area is 157 Å². The van der Waals surface area contributed by atoms with Gasteiger partial charge in [-0.25, -0.2) is 5.84 Å². The monoisotopic (exact) mass is 371 g/mol. The summed E-state index contributed by atoms with van der Waals surface area (Å²) in [6.45, 7) is -0.240. The van der Waals surface area contributed by atoms with Crippen LogP contribution < -0.4 is 16.9 Å². The Morgan fingerprint density at radius 2 is 2.15 bits per heavy atom. The van der Waals surface area contributed by atoms with Crippen molar-refractivity contribution in [2.45, 2.75) is 37.8 Å². The zero-order chi connectivity index (χ0) is 19.2. The first-order valence-corrected chi connectivity index (χ1v) is 9.00. The maximum absolute atomic E-state index is 12.5. The number of hydrogen-bond acceptors (Lipinski definition) is 7. The number of benzene rings is 1. The van der Waals surface area contributed by atoms with Gasteiger partial charge < -0.3 is 25.7 Å². The fourth-order valence-corrected chi connectivity index (χ4v) is 3.28. The molecule has 0 radical (unpaired) electrons. The second-order valence-corrected chi connectivity index (χ2v) is 6.74. The van der Waals surface area contributed by atoms with Gasteiger partial charge in [-0.1, -0.05) is 35.5 Å². The maximum atomic E-state index is 12.5. The van der Waals surface area contributed by atoms with E-state index in [1.54, 1.807) is 12.3 Å². The lowest BCUT2D eigenvalue weighted by Gasteiger charge is -2.34. The molecule has 0 saturated heterocycles. The van der Waals surface area contributed by atoms with Gasteiger partial charge in [-0.2, -0.15) is 0 Å². The molecule has 2 atom stereocenters. The average molecular weight is 371 g/mol. The van der Waals surface area contributed by atoms with Gasteiger partial charge in [0.2, 0.25) is 0 Å². The van der Waals surface area contributed by atoms with Crippen LogP contribution in [0, 0.1) is 0 Å². The van der Waals surface area contributed by atoms with Crippen molar-refractivity contribution in [1.29, 1.82) is 0 Å². The highest BCUT2D eigenvalue weighted by molar-refractivity contribution is 5.93. The van der Waals surface area contributed by atoms with E-state index in [2.05, 4.69) is 10.5 Å². The van der Waals surface area contributed by atoms with Crippen LogP contribution >= 0.6 is 0 Å². The molecule has 8 nitrogen and oxygen atoms in total. The predicted octanol–water partition coefficient (Wildman–Crippen LogP) is 1.35. The molecule has 3 rings (SSSR count). The van der Waals surface area contributed by atoms with Crippen LogP contribution in [0.1, 0.15) is 36.2 Å². The van der Waals surface area contributed by atoms with Gasteiger partial charge >= 0.3 is 0 Å². The van der Waals surface area contributed by atoms with E-state index in [0.29, 0.717) is 17.9 Å². The molecule has 0 spiro atoms. The highest BCUT2D eigenvalue weighted by atomic mass is 16.5. The van der Waals surface area contributed by atoms with Crippen molar-refractivity contribution in [3.63, 3.8) is 0 Å². The van der Waals surface area contributed by atoms with Crippen LogP contribution in [0.4, 0.5) is 0 Å². The Hall–Kier alpha value is -2.84. The van der Waals surface area contributed by atoms with E-state index in [1.165, 1.54) is 5.01 Å². The average Bonchev–Trinajstić information content (AvgIpc) is 3.19. The highest BCUT2D eigenvalue weighted by Crippen LogP contribution is 2.23. The van der Waals surface area contributed by atoms with Gasteiger partial charge in [0.1, 0.15) is 0 Å². The second kappa shape index (κ2) is 8.70. The third-order valence-corrected chi connectivity index (χ3v) is 4.70.